The van der Waals surface area contributed by atoms with E-state index in [4.69, 9.17) is 32.8 Å². The summed E-state index contributed by atoms with van der Waals surface area (Å²) >= 11 is 0. The van der Waals surface area contributed by atoms with E-state index in [1.165, 1.54) is 12.5 Å². The second-order valence-electron chi connectivity index (χ2n) is 24.4. The second-order valence-corrected chi connectivity index (χ2v) is 24.4. The van der Waals surface area contributed by atoms with Gasteiger partial charge < -0.3 is 79.5 Å². The van der Waals surface area contributed by atoms with Crippen molar-refractivity contribution < 1.29 is 103 Å². The average Bonchev–Trinajstić information content (AvgIpc) is 3.34. The zero-order valence-electron chi connectivity index (χ0n) is 43.3. The number of hydrogen-bond donors (Lipinski definition) is 10. The van der Waals surface area contributed by atoms with Crippen LogP contribution < -0.4 is 0 Å². The molecule has 0 radical (unpaired) electrons. The van der Waals surface area contributed by atoms with Crippen molar-refractivity contribution in [1.29, 1.82) is 0 Å². The first-order valence-corrected chi connectivity index (χ1v) is 25.9. The summed E-state index contributed by atoms with van der Waals surface area (Å²) in [6.45, 7) is 15.4. The third kappa shape index (κ3) is 8.67. The average molecular weight is 1050 g/mol. The summed E-state index contributed by atoms with van der Waals surface area (Å²) in [5.74, 6) is -6.88. The number of aliphatic hydroxyl groups is 12. The van der Waals surface area contributed by atoms with Gasteiger partial charge in [0.25, 0.3) is 18.5 Å². The van der Waals surface area contributed by atoms with E-state index < -0.39 is 133 Å². The van der Waals surface area contributed by atoms with Gasteiger partial charge in [0.2, 0.25) is 5.78 Å². The Hall–Kier alpha value is -3.58. The van der Waals surface area contributed by atoms with E-state index in [0.717, 1.165) is 25.7 Å². The van der Waals surface area contributed by atoms with Gasteiger partial charge in [-0.15, -0.1) is 6.10 Å². The first kappa shape index (κ1) is 55.2. The number of allylic oxidation sites excluding steroid dienone is 2. The number of carbonyl (C=O) groups excluding carboxylic acids is 4. The Morgan fingerprint density at radius 3 is 2.30 bits per heavy atom. The number of aliphatic hydroxyl groups excluding tert-OH is 10. The lowest BCUT2D eigenvalue weighted by Crippen LogP contribution is -2.65. The maximum Gasteiger partial charge on any atom is 0.581 e. The third-order valence-corrected chi connectivity index (χ3v) is 19.7. The summed E-state index contributed by atoms with van der Waals surface area (Å²) in [7, 11) is 0. The van der Waals surface area contributed by atoms with Crippen molar-refractivity contribution in [2.45, 2.75) is 181 Å². The number of ether oxygens (including phenoxy) is 7. The molecule has 0 unspecified atom stereocenters. The number of rotatable bonds is 10. The highest BCUT2D eigenvalue weighted by molar-refractivity contribution is 6.14. The van der Waals surface area contributed by atoms with E-state index in [1.54, 1.807) is 0 Å². The Labute approximate surface area is 429 Å². The molecule has 9 aliphatic rings. The van der Waals surface area contributed by atoms with Crippen molar-refractivity contribution in [3.05, 3.63) is 53.4 Å². The van der Waals surface area contributed by atoms with Gasteiger partial charge in [-0.1, -0.05) is 60.1 Å². The predicted molar refractivity (Wildman–Crippen MR) is 255 cm³/mol. The van der Waals surface area contributed by atoms with E-state index in [9.17, 15) is 60.7 Å². The number of ketones is 3. The molecule has 0 aromatic carbocycles. The van der Waals surface area contributed by atoms with Crippen molar-refractivity contribution in [3.8, 4) is 0 Å². The maximum atomic E-state index is 15.0. The Morgan fingerprint density at radius 2 is 1.59 bits per heavy atom. The van der Waals surface area contributed by atoms with Gasteiger partial charge in [0.1, 0.15) is 11.5 Å². The molecule has 4 heterocycles. The Morgan fingerprint density at radius 1 is 0.892 bits per heavy atom. The lowest BCUT2D eigenvalue weighted by molar-refractivity contribution is -0.445. The molecule has 4 aliphatic heterocycles. The molecule has 74 heavy (non-hydrogen) atoms. The molecular weight excluding hydrogens is 973 g/mol. The van der Waals surface area contributed by atoms with Gasteiger partial charge in [-0.25, -0.2) is 9.53 Å². The van der Waals surface area contributed by atoms with Crippen LogP contribution in [0.4, 0.5) is 0 Å². The molecule has 4 saturated carbocycles. The van der Waals surface area contributed by atoms with Crippen LogP contribution >= 0.6 is 0 Å². The van der Waals surface area contributed by atoms with Gasteiger partial charge in [0, 0.05) is 12.7 Å². The van der Waals surface area contributed by atoms with Crippen molar-refractivity contribution >= 4 is 23.3 Å². The number of carbonyl (C=O) groups is 2. The van der Waals surface area contributed by atoms with E-state index >= 15 is 4.79 Å². The molecule has 0 amide bonds. The van der Waals surface area contributed by atoms with Crippen molar-refractivity contribution in [3.63, 3.8) is 0 Å². The molecule has 5 aliphatic carbocycles. The van der Waals surface area contributed by atoms with Gasteiger partial charge in [0.05, 0.1) is 18.3 Å². The lowest BCUT2D eigenvalue weighted by atomic mass is 9.33. The molecule has 17 atom stereocenters. The predicted octanol–water partition coefficient (Wildman–Crippen LogP) is 2.77. The van der Waals surface area contributed by atoms with Crippen LogP contribution in [-0.2, 0) is 42.4 Å². The standard InChI is InChI=1S/C53H75O21/c1-23-32(56)35(59)39(63)45(69-23)73-42-27(20-54)70-43(41(65)37(42)61)68-22-28-34(58)36(60)40(64)46(71-28)74-47(66)53-17-15-48(2,3)19-25(53)24-9-10-30-50(6)13-12-31(72-44-38(62)33(57)26(55)21-67-44)49(4,5)29(50)11-14-52(30,8)51(24,7)16-18-53/h9,25-26,29-32,34-35,38-39,42,44-45,54-59,62-65,70H,10-22H2,1-8H3/q-1/p+1/t25-,26-,29-,30+,31-,32-,34+,35+,38+,39+,42+,44-,45-,50-,51+,52+,53-/m0/s1. The van der Waals surface area contributed by atoms with Crippen LogP contribution in [0.25, 0.3) is 0 Å². The zero-order chi connectivity index (χ0) is 54.0. The second kappa shape index (κ2) is 19.4. The molecule has 0 aromatic heterocycles. The van der Waals surface area contributed by atoms with Gasteiger partial charge >= 0.3 is 35.2 Å². The fraction of sp³-hybridized carbons (Fsp3) is 0.755. The Bertz CT molecular complexity index is 2360. The van der Waals surface area contributed by atoms with Crippen LogP contribution in [0.2, 0.25) is 0 Å². The van der Waals surface area contributed by atoms with Gasteiger partial charge in [0.15, 0.2) is 12.6 Å². The minimum Gasteiger partial charge on any atom is -0.685 e. The van der Waals surface area contributed by atoms with E-state index in [2.05, 4.69) is 59.3 Å². The SMILES string of the molecule is C[C-]1O[C@@H](O[C@H]2C(=O)C(O)=C(OCC3=[O+]C(OC(=O)[C@]45CCC(C)(C)C[C@H]4C4=CC[C@@H]6[C@@]7(C)CC[C@H](O[C@@H]8OC[C@H](O)[C-](O)[C@H]8O)C(C)(C)[C@@H]7CC[C@@]6(C)[C@]4(C)CC5)=C(O)C(=[OH+])[C@@H]3O)[OH+][C-]2CO)[C@H](O)[C@H](O)[C@H]1O. The van der Waals surface area contributed by atoms with Crippen molar-refractivity contribution in [2.75, 3.05) is 19.8 Å². The molecule has 2 saturated heterocycles. The van der Waals surface area contributed by atoms with Crippen molar-refractivity contribution in [2.24, 2.45) is 50.2 Å². The quantitative estimate of drug-likeness (QED) is 0.0375. The normalized spacial score (nSPS) is 44.8. The zero-order valence-corrected chi connectivity index (χ0v) is 43.3. The van der Waals surface area contributed by atoms with Crippen LogP contribution in [0.1, 0.15) is 120 Å². The fourth-order valence-electron chi connectivity index (χ4n) is 15.1. The van der Waals surface area contributed by atoms with Gasteiger partial charge in [-0.3, -0.25) is 14.0 Å². The van der Waals surface area contributed by atoms with E-state index in [0.29, 0.717) is 38.5 Å². The van der Waals surface area contributed by atoms with Crippen LogP contribution in [0, 0.1) is 68.6 Å². The minimum absolute atomic E-state index is 0.101. The first-order valence-electron chi connectivity index (χ1n) is 25.9. The number of hydrogen-bond acceptors (Lipinski definition) is 18. The molecular formula is C53H76O21. The lowest BCUT2D eigenvalue weighted by Gasteiger charge is -2.71. The Balaban J connectivity index is 0.930. The molecule has 0 bridgehead atoms. The highest BCUT2D eigenvalue weighted by Gasteiger charge is 2.71. The van der Waals surface area contributed by atoms with Crippen LogP contribution in [0.15, 0.2) is 35.1 Å². The summed E-state index contributed by atoms with van der Waals surface area (Å²) in [6.07, 6.45) is -6.28. The highest BCUT2D eigenvalue weighted by Crippen LogP contribution is 2.76. The van der Waals surface area contributed by atoms with Crippen LogP contribution in [0.3, 0.4) is 0 Å². The highest BCUT2D eigenvalue weighted by atomic mass is 16.7. The molecule has 6 fully saturated rings. The molecule has 21 heteroatoms. The molecule has 0 aromatic rings. The van der Waals surface area contributed by atoms with Gasteiger partial charge in [-0.05, 0) is 134 Å². The summed E-state index contributed by atoms with van der Waals surface area (Å²) in [5.41, 5.74) is -0.896. The molecule has 21 nitrogen and oxygen atoms in total. The molecule has 9 rings (SSSR count). The molecule has 0 spiro atoms. The van der Waals surface area contributed by atoms with E-state index in [-0.39, 0.29) is 63.6 Å². The smallest absolute Gasteiger partial charge is 0.581 e. The summed E-state index contributed by atoms with van der Waals surface area (Å²) in [5, 5.41) is 105. The first-order chi connectivity index (χ1) is 34.6. The number of fused-ring (bicyclic) bond motifs is 7. The summed E-state index contributed by atoms with van der Waals surface area (Å²) in [4.78, 5) is 39.4. The summed E-state index contributed by atoms with van der Waals surface area (Å²) in [6, 6.07) is 0. The van der Waals surface area contributed by atoms with Crippen LogP contribution in [-0.4, -0.2) is 165 Å². The van der Waals surface area contributed by atoms with E-state index in [1.807, 2.05) is 0 Å². The van der Waals surface area contributed by atoms with Gasteiger partial charge in [-0.2, -0.15) is 13.0 Å². The topological polar surface area (TPSA) is 337 Å². The fourth-order valence-corrected chi connectivity index (χ4v) is 15.1. The third-order valence-electron chi connectivity index (χ3n) is 19.7. The Kier molecular flexibility index (Phi) is 14.5. The van der Waals surface area contributed by atoms with Crippen LogP contribution in [0.5, 0.6) is 0 Å². The number of Topliss-reactive ketones (excluding diaryl/α,β-unsaturated/α-hetero) is 1. The van der Waals surface area contributed by atoms with Crippen molar-refractivity contribution in [1.82, 2.24) is 0 Å². The maximum absolute atomic E-state index is 15.0. The number of esters is 1. The summed E-state index contributed by atoms with van der Waals surface area (Å²) < 4.78 is 44.3. The minimum atomic E-state index is -2.03. The molecule has 12 N–H and O–H groups in total. The molecule has 414 valence electrons. The largest absolute Gasteiger partial charge is 0.685 e. The monoisotopic (exact) mass is 1050 g/mol.